The number of carbonyl (C=O) groups is 3. The van der Waals surface area contributed by atoms with Crippen molar-refractivity contribution >= 4 is 34.8 Å². The maximum absolute atomic E-state index is 12.2. The lowest BCUT2D eigenvalue weighted by atomic mass is 10.1. The van der Waals surface area contributed by atoms with Gasteiger partial charge in [-0.2, -0.15) is 0 Å². The van der Waals surface area contributed by atoms with E-state index in [2.05, 4.69) is 10.3 Å². The monoisotopic (exact) mass is 325 g/mol. The fraction of sp³-hybridized carbons (Fsp3) is 0.571. The average Bonchev–Trinajstić information content (AvgIpc) is 3.05. The summed E-state index contributed by atoms with van der Waals surface area (Å²) in [7, 11) is 0. The molecular weight excluding hydrogens is 306 g/mol. The van der Waals surface area contributed by atoms with E-state index >= 15 is 0 Å². The second-order valence-electron chi connectivity index (χ2n) is 6.09. The third-order valence-electron chi connectivity index (χ3n) is 3.08. The van der Waals surface area contributed by atoms with Crippen LogP contribution in [0.2, 0.25) is 0 Å². The largest absolute Gasteiger partial charge is 0.444 e. The van der Waals surface area contributed by atoms with E-state index in [9.17, 15) is 14.4 Å². The maximum atomic E-state index is 12.2. The molecule has 8 heteroatoms. The van der Waals surface area contributed by atoms with Crippen LogP contribution in [0, 0.1) is 5.92 Å². The number of ether oxygens (including phenoxy) is 1. The van der Waals surface area contributed by atoms with Crippen molar-refractivity contribution in [3.8, 4) is 0 Å². The molecule has 0 aliphatic carbocycles. The van der Waals surface area contributed by atoms with Crippen LogP contribution in [-0.4, -0.2) is 46.9 Å². The van der Waals surface area contributed by atoms with Gasteiger partial charge in [-0.15, -0.1) is 0 Å². The Morgan fingerprint density at radius 1 is 1.50 bits per heavy atom. The molecule has 1 aromatic heterocycles. The fourth-order valence-corrected chi connectivity index (χ4v) is 2.71. The second kappa shape index (κ2) is 6.43. The van der Waals surface area contributed by atoms with Crippen LogP contribution < -0.4 is 5.32 Å². The van der Waals surface area contributed by atoms with Crippen LogP contribution in [0.1, 0.15) is 36.9 Å². The minimum atomic E-state index is -0.552. The van der Waals surface area contributed by atoms with Gasteiger partial charge in [0.2, 0.25) is 5.91 Å². The van der Waals surface area contributed by atoms with Crippen molar-refractivity contribution in [2.75, 3.05) is 18.4 Å². The number of aromatic nitrogens is 1. The summed E-state index contributed by atoms with van der Waals surface area (Å²) in [5.74, 6) is -0.492. The molecule has 1 aliphatic heterocycles. The molecule has 1 aromatic rings. The van der Waals surface area contributed by atoms with Crippen LogP contribution in [0.3, 0.4) is 0 Å². The van der Waals surface area contributed by atoms with Gasteiger partial charge in [-0.25, -0.2) is 9.78 Å². The van der Waals surface area contributed by atoms with Gasteiger partial charge in [0.25, 0.3) is 0 Å². The first-order chi connectivity index (χ1) is 10.3. The van der Waals surface area contributed by atoms with Crippen molar-refractivity contribution in [2.45, 2.75) is 32.8 Å². The van der Waals surface area contributed by atoms with E-state index in [0.717, 1.165) is 11.3 Å². The molecule has 1 saturated heterocycles. The average molecular weight is 325 g/mol. The summed E-state index contributed by atoms with van der Waals surface area (Å²) in [5, 5.41) is 3.07. The molecule has 1 N–H and O–H groups in total. The smallest absolute Gasteiger partial charge is 0.410 e. The minimum absolute atomic E-state index is 0.196. The molecule has 2 heterocycles. The molecule has 2 amide bonds. The zero-order valence-corrected chi connectivity index (χ0v) is 13.6. The number of thiazole rings is 1. The van der Waals surface area contributed by atoms with E-state index in [-0.39, 0.29) is 11.8 Å². The van der Waals surface area contributed by atoms with Crippen molar-refractivity contribution in [1.82, 2.24) is 9.88 Å². The third kappa shape index (κ3) is 4.27. The van der Waals surface area contributed by atoms with Gasteiger partial charge in [-0.05, 0) is 27.2 Å². The number of hydrogen-bond acceptors (Lipinski definition) is 6. The molecule has 120 valence electrons. The lowest BCUT2D eigenvalue weighted by Gasteiger charge is -2.24. The molecule has 0 radical (unpaired) electrons. The van der Waals surface area contributed by atoms with Crippen LogP contribution in [0.5, 0.6) is 0 Å². The van der Waals surface area contributed by atoms with Gasteiger partial charge in [0.05, 0.1) is 17.0 Å². The van der Waals surface area contributed by atoms with Gasteiger partial charge in [0, 0.05) is 13.1 Å². The molecule has 0 saturated carbocycles. The molecular formula is C14H19N3O4S. The summed E-state index contributed by atoms with van der Waals surface area (Å²) in [6, 6.07) is 0. The standard InChI is InChI=1S/C14H19N3O4S/c1-14(2,3)21-13(20)17-5-4-9(7-17)11(19)16-12-15-6-10(8-18)22-12/h6,8-9H,4-5,7H2,1-3H3,(H,15,16,19). The highest BCUT2D eigenvalue weighted by molar-refractivity contribution is 7.17. The highest BCUT2D eigenvalue weighted by Gasteiger charge is 2.33. The molecule has 1 unspecified atom stereocenters. The third-order valence-corrected chi connectivity index (χ3v) is 3.92. The zero-order valence-electron chi connectivity index (χ0n) is 12.8. The molecule has 22 heavy (non-hydrogen) atoms. The summed E-state index contributed by atoms with van der Waals surface area (Å²) >= 11 is 1.12. The Balaban J connectivity index is 1.88. The maximum Gasteiger partial charge on any atom is 0.410 e. The van der Waals surface area contributed by atoms with Crippen LogP contribution in [0.25, 0.3) is 0 Å². The second-order valence-corrected chi connectivity index (χ2v) is 7.15. The Bertz CT molecular complexity index is 579. The number of hydrogen-bond donors (Lipinski definition) is 1. The van der Waals surface area contributed by atoms with Gasteiger partial charge in [0.15, 0.2) is 11.4 Å². The number of nitrogens with one attached hydrogen (secondary N) is 1. The predicted octanol–water partition coefficient (Wildman–Crippen LogP) is 2.15. The van der Waals surface area contributed by atoms with Crippen molar-refractivity contribution in [3.05, 3.63) is 11.1 Å². The van der Waals surface area contributed by atoms with Crippen LogP contribution in [-0.2, 0) is 9.53 Å². The van der Waals surface area contributed by atoms with Crippen molar-refractivity contribution < 1.29 is 19.1 Å². The van der Waals surface area contributed by atoms with Crippen molar-refractivity contribution in [2.24, 2.45) is 5.92 Å². The Morgan fingerprint density at radius 2 is 2.23 bits per heavy atom. The summed E-state index contributed by atoms with van der Waals surface area (Å²) < 4.78 is 5.29. The van der Waals surface area contributed by atoms with Crippen LogP contribution in [0.4, 0.5) is 9.93 Å². The van der Waals surface area contributed by atoms with Gasteiger partial charge in [-0.3, -0.25) is 9.59 Å². The molecule has 0 aromatic carbocycles. The van der Waals surface area contributed by atoms with E-state index < -0.39 is 11.7 Å². The van der Waals surface area contributed by atoms with E-state index in [4.69, 9.17) is 4.74 Å². The molecule has 0 spiro atoms. The van der Waals surface area contributed by atoms with Crippen molar-refractivity contribution in [3.63, 3.8) is 0 Å². The molecule has 0 bridgehead atoms. The lowest BCUT2D eigenvalue weighted by molar-refractivity contribution is -0.119. The predicted molar refractivity (Wildman–Crippen MR) is 82.0 cm³/mol. The number of rotatable bonds is 3. The SMILES string of the molecule is CC(C)(C)OC(=O)N1CCC(C(=O)Nc2ncc(C=O)s2)C1. The zero-order chi connectivity index (χ0) is 16.3. The molecule has 1 atom stereocenters. The first kappa shape index (κ1) is 16.4. The number of anilines is 1. The lowest BCUT2D eigenvalue weighted by Crippen LogP contribution is -2.36. The van der Waals surface area contributed by atoms with Gasteiger partial charge in [0.1, 0.15) is 5.60 Å². The van der Waals surface area contributed by atoms with E-state index in [1.165, 1.54) is 11.1 Å². The molecule has 1 fully saturated rings. The Hall–Kier alpha value is -1.96. The topological polar surface area (TPSA) is 88.6 Å². The molecule has 2 rings (SSSR count). The number of carbonyl (C=O) groups excluding carboxylic acids is 3. The molecule has 7 nitrogen and oxygen atoms in total. The summed E-state index contributed by atoms with van der Waals surface area (Å²) in [6.45, 7) is 6.23. The summed E-state index contributed by atoms with van der Waals surface area (Å²) in [5.41, 5.74) is -0.552. The van der Waals surface area contributed by atoms with Crippen LogP contribution >= 0.6 is 11.3 Å². The number of aldehydes is 1. The van der Waals surface area contributed by atoms with Gasteiger partial charge in [-0.1, -0.05) is 11.3 Å². The van der Waals surface area contributed by atoms with Gasteiger partial charge < -0.3 is 15.0 Å². The Kier molecular flexibility index (Phi) is 4.80. The minimum Gasteiger partial charge on any atom is -0.444 e. The number of likely N-dealkylation sites (tertiary alicyclic amines) is 1. The summed E-state index contributed by atoms with van der Waals surface area (Å²) in [6.07, 6.45) is 2.28. The van der Waals surface area contributed by atoms with Gasteiger partial charge >= 0.3 is 6.09 Å². The summed E-state index contributed by atoms with van der Waals surface area (Å²) in [4.78, 5) is 40.6. The normalized spacial score (nSPS) is 18.1. The first-order valence-corrected chi connectivity index (χ1v) is 7.80. The molecule has 1 aliphatic rings. The quantitative estimate of drug-likeness (QED) is 0.860. The van der Waals surface area contributed by atoms with E-state index in [1.807, 2.05) is 0 Å². The number of nitrogens with zero attached hydrogens (tertiary/aromatic N) is 2. The number of amides is 2. The Labute approximate surface area is 132 Å². The van der Waals surface area contributed by atoms with Crippen molar-refractivity contribution in [1.29, 1.82) is 0 Å². The van der Waals surface area contributed by atoms with E-state index in [1.54, 1.807) is 20.8 Å². The van der Waals surface area contributed by atoms with Crippen LogP contribution in [0.15, 0.2) is 6.20 Å². The first-order valence-electron chi connectivity index (χ1n) is 6.98. The fourth-order valence-electron chi connectivity index (χ4n) is 2.07. The van der Waals surface area contributed by atoms with E-state index in [0.29, 0.717) is 35.8 Å². The highest BCUT2D eigenvalue weighted by Crippen LogP contribution is 2.22. The Morgan fingerprint density at radius 3 is 2.82 bits per heavy atom. The highest BCUT2D eigenvalue weighted by atomic mass is 32.1.